The summed E-state index contributed by atoms with van der Waals surface area (Å²) in [4.78, 5) is 11.5. The maximum absolute atomic E-state index is 11.5. The van der Waals surface area contributed by atoms with E-state index in [2.05, 4.69) is 10.7 Å². The summed E-state index contributed by atoms with van der Waals surface area (Å²) in [6.07, 6.45) is 3.11. The van der Waals surface area contributed by atoms with Crippen molar-refractivity contribution in [2.24, 2.45) is 5.84 Å². The summed E-state index contributed by atoms with van der Waals surface area (Å²) in [7, 11) is 0. The molecule has 1 rings (SSSR count). The summed E-state index contributed by atoms with van der Waals surface area (Å²) in [6.45, 7) is 5.35. The molecule has 5 nitrogen and oxygen atoms in total. The van der Waals surface area contributed by atoms with Gasteiger partial charge in [0.25, 0.3) is 5.91 Å². The number of hydrogen-bond acceptors (Lipinski definition) is 4. The van der Waals surface area contributed by atoms with Gasteiger partial charge in [-0.05, 0) is 26.2 Å². The van der Waals surface area contributed by atoms with Gasteiger partial charge in [0.2, 0.25) is 0 Å². The van der Waals surface area contributed by atoms with Gasteiger partial charge in [-0.15, -0.1) is 0 Å². The molecule has 1 fully saturated rings. The van der Waals surface area contributed by atoms with Crippen LogP contribution in [0.3, 0.4) is 0 Å². The summed E-state index contributed by atoms with van der Waals surface area (Å²) in [5.41, 5.74) is 1.59. The van der Waals surface area contributed by atoms with Crippen LogP contribution < -0.4 is 16.6 Å². The fraction of sp³-hybridized carbons (Fsp3) is 0.900. The molecule has 1 saturated heterocycles. The van der Waals surface area contributed by atoms with Gasteiger partial charge >= 0.3 is 0 Å². The van der Waals surface area contributed by atoms with Crippen molar-refractivity contribution >= 4 is 5.91 Å². The first kappa shape index (κ1) is 12.4. The van der Waals surface area contributed by atoms with Crippen LogP contribution in [-0.4, -0.2) is 30.7 Å². The minimum absolute atomic E-state index is 0.178. The SMILES string of the molecule is CC[C@](C)(NC[C@H]1CCCO1)C(=O)NN. The summed E-state index contributed by atoms with van der Waals surface area (Å²) >= 11 is 0. The lowest BCUT2D eigenvalue weighted by Gasteiger charge is -2.28. The third kappa shape index (κ3) is 3.15. The lowest BCUT2D eigenvalue weighted by Crippen LogP contribution is -2.57. The topological polar surface area (TPSA) is 76.4 Å². The lowest BCUT2D eigenvalue weighted by atomic mass is 9.97. The van der Waals surface area contributed by atoms with Gasteiger partial charge in [-0.3, -0.25) is 10.2 Å². The van der Waals surface area contributed by atoms with E-state index in [-0.39, 0.29) is 12.0 Å². The van der Waals surface area contributed by atoms with Gasteiger partial charge in [-0.1, -0.05) is 6.92 Å². The molecule has 2 atom stereocenters. The Balaban J connectivity index is 2.41. The largest absolute Gasteiger partial charge is 0.377 e. The second-order valence-corrected chi connectivity index (χ2v) is 4.18. The number of amides is 1. The molecule has 1 heterocycles. The Bertz CT molecular complexity index is 217. The highest BCUT2D eigenvalue weighted by molar-refractivity contribution is 5.85. The molecule has 0 radical (unpaired) electrons. The molecule has 0 aromatic heterocycles. The lowest BCUT2D eigenvalue weighted by molar-refractivity contribution is -0.127. The molecule has 0 bridgehead atoms. The highest BCUT2D eigenvalue weighted by atomic mass is 16.5. The highest BCUT2D eigenvalue weighted by Gasteiger charge is 2.31. The van der Waals surface area contributed by atoms with Crippen LogP contribution in [-0.2, 0) is 9.53 Å². The molecule has 0 saturated carbocycles. The predicted octanol–water partition coefficient (Wildman–Crippen LogP) is -0.0864. The Morgan fingerprint density at radius 3 is 2.87 bits per heavy atom. The molecule has 15 heavy (non-hydrogen) atoms. The number of carbonyl (C=O) groups is 1. The molecule has 0 aliphatic carbocycles. The summed E-state index contributed by atoms with van der Waals surface area (Å²) < 4.78 is 5.48. The normalized spacial score (nSPS) is 24.9. The van der Waals surface area contributed by atoms with Crippen LogP contribution in [0.25, 0.3) is 0 Å². The number of nitrogens with one attached hydrogen (secondary N) is 2. The predicted molar refractivity (Wildman–Crippen MR) is 58.0 cm³/mol. The van der Waals surface area contributed by atoms with E-state index in [1.54, 1.807) is 0 Å². The van der Waals surface area contributed by atoms with E-state index < -0.39 is 5.54 Å². The van der Waals surface area contributed by atoms with Gasteiger partial charge in [0.05, 0.1) is 11.6 Å². The fourth-order valence-electron chi connectivity index (χ4n) is 1.67. The van der Waals surface area contributed by atoms with Crippen LogP contribution in [0, 0.1) is 0 Å². The van der Waals surface area contributed by atoms with Crippen molar-refractivity contribution in [2.75, 3.05) is 13.2 Å². The van der Waals surface area contributed by atoms with Crippen LogP contribution >= 0.6 is 0 Å². The van der Waals surface area contributed by atoms with Gasteiger partial charge in [-0.2, -0.15) is 0 Å². The molecule has 4 N–H and O–H groups in total. The first-order valence-corrected chi connectivity index (χ1v) is 5.50. The average Bonchev–Trinajstić information content (AvgIpc) is 2.77. The minimum atomic E-state index is -0.597. The Morgan fingerprint density at radius 2 is 2.40 bits per heavy atom. The van der Waals surface area contributed by atoms with Crippen molar-refractivity contribution in [3.63, 3.8) is 0 Å². The maximum atomic E-state index is 11.5. The maximum Gasteiger partial charge on any atom is 0.253 e. The van der Waals surface area contributed by atoms with Crippen molar-refractivity contribution in [3.05, 3.63) is 0 Å². The van der Waals surface area contributed by atoms with Crippen molar-refractivity contribution in [1.29, 1.82) is 0 Å². The van der Waals surface area contributed by atoms with E-state index in [4.69, 9.17) is 10.6 Å². The smallest absolute Gasteiger partial charge is 0.253 e. The summed E-state index contributed by atoms with van der Waals surface area (Å²) in [5, 5.41) is 3.22. The molecule has 1 amide bonds. The van der Waals surface area contributed by atoms with Crippen LogP contribution in [0.2, 0.25) is 0 Å². The molecule has 1 aliphatic rings. The number of hydrazine groups is 1. The molecule has 1 aliphatic heterocycles. The van der Waals surface area contributed by atoms with Crippen LogP contribution in [0.4, 0.5) is 0 Å². The van der Waals surface area contributed by atoms with E-state index >= 15 is 0 Å². The minimum Gasteiger partial charge on any atom is -0.377 e. The van der Waals surface area contributed by atoms with Gasteiger partial charge < -0.3 is 10.1 Å². The zero-order chi connectivity index (χ0) is 11.3. The van der Waals surface area contributed by atoms with Crippen molar-refractivity contribution in [3.8, 4) is 0 Å². The summed E-state index contributed by atoms with van der Waals surface area (Å²) in [6, 6.07) is 0. The molecule has 88 valence electrons. The Morgan fingerprint density at radius 1 is 1.67 bits per heavy atom. The Labute approximate surface area is 90.7 Å². The van der Waals surface area contributed by atoms with Crippen LogP contribution in [0.15, 0.2) is 0 Å². The van der Waals surface area contributed by atoms with Gasteiger partial charge in [0.1, 0.15) is 0 Å². The third-order valence-corrected chi connectivity index (χ3v) is 3.08. The van der Waals surface area contributed by atoms with Crippen LogP contribution in [0.1, 0.15) is 33.1 Å². The monoisotopic (exact) mass is 215 g/mol. The number of ether oxygens (including phenoxy) is 1. The van der Waals surface area contributed by atoms with E-state index in [9.17, 15) is 4.79 Å². The van der Waals surface area contributed by atoms with Gasteiger partial charge in [0, 0.05) is 13.2 Å². The standard InChI is InChI=1S/C10H21N3O2/c1-3-10(2,9(14)13-11)12-7-8-5-4-6-15-8/h8,12H,3-7,11H2,1-2H3,(H,13,14)/t8-,10+/m1/s1. The first-order chi connectivity index (χ1) is 7.12. The van der Waals surface area contributed by atoms with Gasteiger partial charge in [0.15, 0.2) is 0 Å². The average molecular weight is 215 g/mol. The van der Waals surface area contributed by atoms with Crippen molar-refractivity contribution in [2.45, 2.75) is 44.8 Å². The molecule has 0 aromatic carbocycles. The fourth-order valence-corrected chi connectivity index (χ4v) is 1.67. The molecule has 5 heteroatoms. The molecule has 0 spiro atoms. The van der Waals surface area contributed by atoms with Crippen molar-refractivity contribution < 1.29 is 9.53 Å². The highest BCUT2D eigenvalue weighted by Crippen LogP contribution is 2.14. The number of hydrogen-bond donors (Lipinski definition) is 3. The summed E-state index contributed by atoms with van der Waals surface area (Å²) in [5.74, 6) is 4.97. The number of nitrogens with two attached hydrogens (primary N) is 1. The van der Waals surface area contributed by atoms with E-state index in [0.29, 0.717) is 13.0 Å². The Hall–Kier alpha value is -0.650. The first-order valence-electron chi connectivity index (χ1n) is 5.50. The second-order valence-electron chi connectivity index (χ2n) is 4.18. The van der Waals surface area contributed by atoms with E-state index in [1.165, 1.54) is 0 Å². The molecular formula is C10H21N3O2. The second kappa shape index (κ2) is 5.44. The number of rotatable bonds is 5. The molecule has 0 aromatic rings. The quantitative estimate of drug-likeness (QED) is 0.340. The molecular weight excluding hydrogens is 194 g/mol. The molecule has 0 unspecified atom stereocenters. The van der Waals surface area contributed by atoms with E-state index in [1.807, 2.05) is 13.8 Å². The van der Waals surface area contributed by atoms with Gasteiger partial charge in [-0.25, -0.2) is 5.84 Å². The van der Waals surface area contributed by atoms with Crippen LogP contribution in [0.5, 0.6) is 0 Å². The Kier molecular flexibility index (Phi) is 4.50. The van der Waals surface area contributed by atoms with E-state index in [0.717, 1.165) is 19.4 Å². The zero-order valence-electron chi connectivity index (χ0n) is 9.51. The number of carbonyl (C=O) groups excluding carboxylic acids is 1. The third-order valence-electron chi connectivity index (χ3n) is 3.08. The van der Waals surface area contributed by atoms with Crippen molar-refractivity contribution in [1.82, 2.24) is 10.7 Å². The zero-order valence-corrected chi connectivity index (χ0v) is 9.51.